The molecule has 1 aromatic carbocycles. The lowest BCUT2D eigenvalue weighted by Gasteiger charge is -2.23. The topological polar surface area (TPSA) is 89.8 Å². The molecule has 2 aromatic rings. The molecule has 0 unspecified atom stereocenters. The number of furan rings is 1. The molecule has 1 atom stereocenters. The summed E-state index contributed by atoms with van der Waals surface area (Å²) in [5, 5.41) is 21.7. The number of carbonyl (C=O) groups excluding carboxylic acids is 1. The van der Waals surface area contributed by atoms with Gasteiger partial charge in [-0.3, -0.25) is 4.79 Å². The zero-order valence-electron chi connectivity index (χ0n) is 12.7. The third kappa shape index (κ3) is 3.34. The lowest BCUT2D eigenvalue weighted by molar-refractivity contribution is -0.120. The highest BCUT2D eigenvalue weighted by atomic mass is 32.2. The summed E-state index contributed by atoms with van der Waals surface area (Å²) in [6, 6.07) is 15.1. The Morgan fingerprint density at radius 2 is 2.00 bits per heavy atom. The van der Waals surface area contributed by atoms with Crippen LogP contribution >= 0.6 is 11.8 Å². The normalized spacial score (nSPS) is 17.1. The fourth-order valence-corrected chi connectivity index (χ4v) is 3.53. The number of nitrogens with one attached hydrogen (secondary N) is 1. The molecular weight excluding hydrogens is 322 g/mol. The third-order valence-electron chi connectivity index (χ3n) is 3.71. The summed E-state index contributed by atoms with van der Waals surface area (Å²) < 4.78 is 5.38. The second-order valence-electron chi connectivity index (χ2n) is 5.27. The maximum Gasteiger partial charge on any atom is 0.225 e. The van der Waals surface area contributed by atoms with Crippen LogP contribution in [0.25, 0.3) is 0 Å². The number of amides is 1. The van der Waals surface area contributed by atoms with E-state index in [2.05, 4.69) is 17.5 Å². The summed E-state index contributed by atoms with van der Waals surface area (Å²) in [6.07, 6.45) is 1.75. The standard InChI is InChI=1S/C18H13N3O2S/c19-9-12-3-5-13(6-4-12)11-24-18-15(10-20)14(8-17(22)21-18)16-2-1-7-23-16/h1-7,14H,8,11H2,(H,21,22)/t14-/m1/s1. The minimum atomic E-state index is -0.345. The molecule has 118 valence electrons. The molecule has 24 heavy (non-hydrogen) atoms. The SMILES string of the molecule is N#CC1=C(SCc2ccc(C#N)cc2)NC(=O)C[C@H]1c1ccco1. The van der Waals surface area contributed by atoms with Gasteiger partial charge in [0.05, 0.1) is 40.5 Å². The Bertz CT molecular complexity index is 855. The van der Waals surface area contributed by atoms with Gasteiger partial charge >= 0.3 is 0 Å². The number of nitriles is 2. The van der Waals surface area contributed by atoms with Gasteiger partial charge in [0.1, 0.15) is 5.76 Å². The Labute approximate surface area is 143 Å². The number of thioether (sulfide) groups is 1. The molecule has 2 heterocycles. The van der Waals surface area contributed by atoms with E-state index in [1.54, 1.807) is 30.5 Å². The predicted octanol–water partition coefficient (Wildman–Crippen LogP) is 3.42. The van der Waals surface area contributed by atoms with Crippen molar-refractivity contribution in [2.75, 3.05) is 0 Å². The maximum absolute atomic E-state index is 12.0. The largest absolute Gasteiger partial charge is 0.469 e. The summed E-state index contributed by atoms with van der Waals surface area (Å²) in [4.78, 5) is 12.0. The highest BCUT2D eigenvalue weighted by molar-refractivity contribution is 8.02. The third-order valence-corrected chi connectivity index (χ3v) is 4.80. The van der Waals surface area contributed by atoms with Crippen molar-refractivity contribution in [3.63, 3.8) is 0 Å². The molecule has 6 heteroatoms. The van der Waals surface area contributed by atoms with E-state index in [9.17, 15) is 10.1 Å². The predicted molar refractivity (Wildman–Crippen MR) is 89.3 cm³/mol. The van der Waals surface area contributed by atoms with Gasteiger partial charge in [0, 0.05) is 12.2 Å². The summed E-state index contributed by atoms with van der Waals surface area (Å²) >= 11 is 1.40. The minimum Gasteiger partial charge on any atom is -0.469 e. The maximum atomic E-state index is 12.0. The van der Waals surface area contributed by atoms with Crippen LogP contribution in [0.1, 0.15) is 29.2 Å². The van der Waals surface area contributed by atoms with Gasteiger partial charge in [-0.05, 0) is 29.8 Å². The van der Waals surface area contributed by atoms with E-state index in [0.717, 1.165) is 5.56 Å². The summed E-state index contributed by atoms with van der Waals surface area (Å²) in [7, 11) is 0. The van der Waals surface area contributed by atoms with Crippen LogP contribution in [-0.2, 0) is 10.5 Å². The quantitative estimate of drug-likeness (QED) is 0.924. The molecular formula is C18H13N3O2S. The highest BCUT2D eigenvalue weighted by Crippen LogP contribution is 2.36. The molecule has 0 fully saturated rings. The van der Waals surface area contributed by atoms with Gasteiger partial charge in [-0.1, -0.05) is 12.1 Å². The van der Waals surface area contributed by atoms with Crippen LogP contribution in [0.3, 0.4) is 0 Å². The van der Waals surface area contributed by atoms with Gasteiger partial charge in [-0.2, -0.15) is 10.5 Å². The Morgan fingerprint density at radius 1 is 1.21 bits per heavy atom. The van der Waals surface area contributed by atoms with Gasteiger partial charge in [-0.25, -0.2) is 0 Å². The first-order valence-corrected chi connectivity index (χ1v) is 8.29. The van der Waals surface area contributed by atoms with Crippen molar-refractivity contribution in [3.8, 4) is 12.1 Å². The Morgan fingerprint density at radius 3 is 2.62 bits per heavy atom. The van der Waals surface area contributed by atoms with Crippen LogP contribution in [0, 0.1) is 22.7 Å². The van der Waals surface area contributed by atoms with E-state index in [0.29, 0.717) is 27.7 Å². The smallest absolute Gasteiger partial charge is 0.225 e. The molecule has 0 bridgehead atoms. The Balaban J connectivity index is 1.82. The van der Waals surface area contributed by atoms with E-state index in [1.807, 2.05) is 12.1 Å². The number of hydrogen-bond acceptors (Lipinski definition) is 5. The molecule has 1 aliphatic rings. The first kappa shape index (κ1) is 15.9. The van der Waals surface area contributed by atoms with Crippen LogP contribution in [0.4, 0.5) is 0 Å². The van der Waals surface area contributed by atoms with Crippen LogP contribution in [-0.4, -0.2) is 5.91 Å². The van der Waals surface area contributed by atoms with Gasteiger partial charge in [0.2, 0.25) is 5.91 Å². The van der Waals surface area contributed by atoms with E-state index >= 15 is 0 Å². The van der Waals surface area contributed by atoms with E-state index in [1.165, 1.54) is 11.8 Å². The van der Waals surface area contributed by atoms with Crippen molar-refractivity contribution in [1.29, 1.82) is 10.5 Å². The fourth-order valence-electron chi connectivity index (χ4n) is 2.50. The first-order chi connectivity index (χ1) is 11.7. The number of allylic oxidation sites excluding steroid dienone is 1. The minimum absolute atomic E-state index is 0.127. The van der Waals surface area contributed by atoms with Crippen LogP contribution in [0.2, 0.25) is 0 Å². The zero-order valence-corrected chi connectivity index (χ0v) is 13.5. The molecule has 0 radical (unpaired) electrons. The van der Waals surface area contributed by atoms with E-state index in [4.69, 9.17) is 9.68 Å². The number of benzene rings is 1. The van der Waals surface area contributed by atoms with Gasteiger partial charge in [0.25, 0.3) is 0 Å². The molecule has 1 N–H and O–H groups in total. The summed E-state index contributed by atoms with van der Waals surface area (Å²) in [6.45, 7) is 0. The average Bonchev–Trinajstić information content (AvgIpc) is 3.14. The van der Waals surface area contributed by atoms with Gasteiger partial charge in [-0.15, -0.1) is 11.8 Å². The van der Waals surface area contributed by atoms with Crippen molar-refractivity contribution in [1.82, 2.24) is 5.32 Å². The zero-order chi connectivity index (χ0) is 16.9. The lowest BCUT2D eigenvalue weighted by Crippen LogP contribution is -2.30. The molecule has 0 saturated carbocycles. The van der Waals surface area contributed by atoms with Gasteiger partial charge < -0.3 is 9.73 Å². The molecule has 0 aliphatic carbocycles. The first-order valence-electron chi connectivity index (χ1n) is 7.30. The Kier molecular flexibility index (Phi) is 4.69. The second-order valence-corrected chi connectivity index (χ2v) is 6.26. The van der Waals surface area contributed by atoms with Crippen molar-refractivity contribution in [3.05, 3.63) is 70.2 Å². The molecule has 5 nitrogen and oxygen atoms in total. The average molecular weight is 335 g/mol. The number of rotatable bonds is 4. The number of hydrogen-bond donors (Lipinski definition) is 1. The highest BCUT2D eigenvalue weighted by Gasteiger charge is 2.31. The van der Waals surface area contributed by atoms with Crippen LogP contribution < -0.4 is 5.32 Å². The Hall–Kier alpha value is -2.96. The number of carbonyl (C=O) groups is 1. The fraction of sp³-hybridized carbons (Fsp3) is 0.167. The lowest BCUT2D eigenvalue weighted by atomic mass is 9.92. The van der Waals surface area contributed by atoms with E-state index < -0.39 is 0 Å². The summed E-state index contributed by atoms with van der Waals surface area (Å²) in [5.41, 5.74) is 2.13. The van der Waals surface area contributed by atoms with Crippen LogP contribution in [0.5, 0.6) is 0 Å². The van der Waals surface area contributed by atoms with Crippen molar-refractivity contribution < 1.29 is 9.21 Å². The second kappa shape index (κ2) is 7.08. The van der Waals surface area contributed by atoms with Crippen molar-refractivity contribution >= 4 is 17.7 Å². The molecule has 1 aliphatic heterocycles. The van der Waals surface area contributed by atoms with E-state index in [-0.39, 0.29) is 18.2 Å². The summed E-state index contributed by atoms with van der Waals surface area (Å²) in [5.74, 6) is 0.745. The molecule has 0 spiro atoms. The monoisotopic (exact) mass is 335 g/mol. The molecule has 1 amide bonds. The molecule has 0 saturated heterocycles. The number of nitrogens with zero attached hydrogens (tertiary/aromatic N) is 2. The molecule has 1 aromatic heterocycles. The van der Waals surface area contributed by atoms with Crippen molar-refractivity contribution in [2.24, 2.45) is 0 Å². The molecule has 3 rings (SSSR count). The van der Waals surface area contributed by atoms with Crippen LogP contribution in [0.15, 0.2) is 57.7 Å². The van der Waals surface area contributed by atoms with Crippen molar-refractivity contribution in [2.45, 2.75) is 18.1 Å². The van der Waals surface area contributed by atoms with Gasteiger partial charge in [0.15, 0.2) is 0 Å².